The molecular weight excluding hydrogens is 522 g/mol. The van der Waals surface area contributed by atoms with E-state index in [1.54, 1.807) is 29.2 Å². The molecule has 1 aromatic rings. The minimum atomic E-state index is -1.16. The van der Waals surface area contributed by atoms with Crippen LogP contribution in [0.4, 0.5) is 5.69 Å². The van der Waals surface area contributed by atoms with E-state index in [-0.39, 0.29) is 35.7 Å². The molecule has 2 unspecified atom stereocenters. The van der Waals surface area contributed by atoms with Crippen LogP contribution in [0.3, 0.4) is 0 Å². The number of likely N-dealkylation sites (tertiary alicyclic amines) is 1. The summed E-state index contributed by atoms with van der Waals surface area (Å²) < 4.78 is 12.2. The number of hydrogen-bond acceptors (Lipinski definition) is 6. The van der Waals surface area contributed by atoms with Crippen LogP contribution in [0.5, 0.6) is 5.75 Å². The summed E-state index contributed by atoms with van der Waals surface area (Å²) in [5.74, 6) is -1.94. The molecule has 0 aliphatic carbocycles. The van der Waals surface area contributed by atoms with E-state index in [9.17, 15) is 19.5 Å². The number of carbonyl (C=O) groups excluding carboxylic acids is 3. The maximum Gasteiger partial charge on any atom is 0.246 e. The van der Waals surface area contributed by atoms with Crippen molar-refractivity contribution < 1.29 is 29.0 Å². The lowest BCUT2D eigenvalue weighted by Crippen LogP contribution is -2.62. The van der Waals surface area contributed by atoms with Gasteiger partial charge >= 0.3 is 0 Å². The Morgan fingerprint density at radius 1 is 1.12 bits per heavy atom. The molecular formula is C32H49N3O6. The lowest BCUT2D eigenvalue weighted by atomic mass is 9.66. The number of carbonyl (C=O) groups is 3. The summed E-state index contributed by atoms with van der Waals surface area (Å²) in [5.41, 5.74) is -2.04. The molecule has 228 valence electrons. The lowest BCUT2D eigenvalue weighted by Gasteiger charge is -2.41. The predicted octanol–water partition coefficient (Wildman–Crippen LogP) is 4.14. The Labute approximate surface area is 244 Å². The number of aliphatic hydroxyl groups excluding tert-OH is 1. The first-order valence-electron chi connectivity index (χ1n) is 15.0. The second-order valence-electron chi connectivity index (χ2n) is 14.5. The minimum Gasteiger partial charge on any atom is -0.494 e. The standard InChI is InChI=1S/C32H49N3O6/c1-10-40-21-13-11-20(12-14-21)33-26(37)23-24-28(39)35(22(17-36)19(2)3)25(32(24)16-15-31(23,9)41-32)27(38)34-30(7,8)18-29(4,5)6/h11-14,19,22-25,36H,10,15-18H2,1-9H3,(H,33,37)(H,34,38)/t22-,23+,24-,25?,31-,32?/m0/s1. The van der Waals surface area contributed by atoms with Gasteiger partial charge in [-0.05, 0) is 82.6 Å². The number of hydrogen-bond donors (Lipinski definition) is 3. The van der Waals surface area contributed by atoms with Gasteiger partial charge in [-0.25, -0.2) is 0 Å². The normalized spacial score (nSPS) is 30.0. The van der Waals surface area contributed by atoms with Crippen molar-refractivity contribution in [3.05, 3.63) is 24.3 Å². The lowest BCUT2D eigenvalue weighted by molar-refractivity contribution is -0.150. The Morgan fingerprint density at radius 3 is 2.29 bits per heavy atom. The SMILES string of the molecule is CCOc1ccc(NC(=O)[C@H]2[C@H]3C(=O)N([C@@H](CO)C(C)C)C(C(=O)NC(C)(C)CC(C)(C)C)C34CC[C@]2(C)O4)cc1. The summed E-state index contributed by atoms with van der Waals surface area (Å²) in [6, 6.07) is 5.57. The van der Waals surface area contributed by atoms with Gasteiger partial charge in [-0.3, -0.25) is 14.4 Å². The van der Waals surface area contributed by atoms with Gasteiger partial charge < -0.3 is 30.1 Å². The molecule has 9 nitrogen and oxygen atoms in total. The molecule has 3 fully saturated rings. The van der Waals surface area contributed by atoms with E-state index in [0.29, 0.717) is 30.9 Å². The van der Waals surface area contributed by atoms with E-state index in [1.807, 2.05) is 41.5 Å². The molecule has 3 N–H and O–H groups in total. The van der Waals surface area contributed by atoms with Gasteiger partial charge in [-0.1, -0.05) is 34.6 Å². The Kier molecular flexibility index (Phi) is 8.30. The molecule has 0 radical (unpaired) electrons. The van der Waals surface area contributed by atoms with E-state index < -0.39 is 40.7 Å². The molecule has 3 amide bonds. The third-order valence-electron chi connectivity index (χ3n) is 8.93. The Morgan fingerprint density at radius 2 is 1.76 bits per heavy atom. The number of nitrogens with one attached hydrogen (secondary N) is 2. The average molecular weight is 572 g/mol. The first-order valence-corrected chi connectivity index (χ1v) is 15.0. The molecule has 0 saturated carbocycles. The van der Waals surface area contributed by atoms with Crippen molar-refractivity contribution in [3.8, 4) is 5.75 Å². The Balaban J connectivity index is 1.71. The van der Waals surface area contributed by atoms with Gasteiger partial charge in [0, 0.05) is 11.2 Å². The number of benzene rings is 1. The monoisotopic (exact) mass is 571 g/mol. The summed E-state index contributed by atoms with van der Waals surface area (Å²) >= 11 is 0. The van der Waals surface area contributed by atoms with Crippen LogP contribution in [0, 0.1) is 23.2 Å². The fourth-order valence-corrected chi connectivity index (χ4v) is 7.83. The van der Waals surface area contributed by atoms with Gasteiger partial charge in [-0.15, -0.1) is 0 Å². The maximum atomic E-state index is 14.4. The number of aliphatic hydroxyl groups is 1. The number of amides is 3. The highest BCUT2D eigenvalue weighted by Crippen LogP contribution is 2.63. The molecule has 3 aliphatic heterocycles. The number of fused-ring (bicyclic) bond motifs is 1. The highest BCUT2D eigenvalue weighted by Gasteiger charge is 2.78. The number of nitrogens with zero attached hydrogens (tertiary/aromatic N) is 1. The molecule has 3 heterocycles. The van der Waals surface area contributed by atoms with E-state index >= 15 is 0 Å². The zero-order chi connectivity index (χ0) is 30.5. The summed E-state index contributed by atoms with van der Waals surface area (Å²) in [6.45, 7) is 18.2. The van der Waals surface area contributed by atoms with Crippen LogP contribution in [-0.4, -0.2) is 69.8 Å². The van der Waals surface area contributed by atoms with E-state index in [2.05, 4.69) is 31.4 Å². The molecule has 0 aromatic heterocycles. The highest BCUT2D eigenvalue weighted by molar-refractivity contribution is 6.02. The average Bonchev–Trinajstić information content (AvgIpc) is 3.40. The highest BCUT2D eigenvalue weighted by atomic mass is 16.5. The van der Waals surface area contributed by atoms with Crippen LogP contribution in [0.15, 0.2) is 24.3 Å². The number of ether oxygens (including phenoxy) is 2. The van der Waals surface area contributed by atoms with Crippen LogP contribution >= 0.6 is 0 Å². The molecule has 3 aliphatic rings. The minimum absolute atomic E-state index is 0.0335. The molecule has 2 bridgehead atoms. The Hall–Kier alpha value is -2.65. The second-order valence-corrected chi connectivity index (χ2v) is 14.5. The first-order chi connectivity index (χ1) is 19.0. The van der Waals surface area contributed by atoms with Crippen molar-refractivity contribution in [2.45, 2.75) is 110 Å². The summed E-state index contributed by atoms with van der Waals surface area (Å²) in [4.78, 5) is 44.1. The van der Waals surface area contributed by atoms with Gasteiger partial charge in [0.25, 0.3) is 0 Å². The Bertz CT molecular complexity index is 1160. The number of rotatable bonds is 10. The molecule has 9 heteroatoms. The predicted molar refractivity (Wildman–Crippen MR) is 157 cm³/mol. The fraction of sp³-hybridized carbons (Fsp3) is 0.719. The van der Waals surface area contributed by atoms with Gasteiger partial charge in [0.2, 0.25) is 17.7 Å². The van der Waals surface area contributed by atoms with Crippen molar-refractivity contribution in [3.63, 3.8) is 0 Å². The fourth-order valence-electron chi connectivity index (χ4n) is 7.83. The van der Waals surface area contributed by atoms with Gasteiger partial charge in [0.05, 0.1) is 36.7 Å². The quantitative estimate of drug-likeness (QED) is 0.389. The molecule has 41 heavy (non-hydrogen) atoms. The zero-order valence-corrected chi connectivity index (χ0v) is 26.2. The molecule has 1 spiro atoms. The third-order valence-corrected chi connectivity index (χ3v) is 8.93. The van der Waals surface area contributed by atoms with Crippen molar-refractivity contribution in [1.29, 1.82) is 0 Å². The van der Waals surface area contributed by atoms with Crippen LogP contribution in [0.2, 0.25) is 0 Å². The van der Waals surface area contributed by atoms with Crippen molar-refractivity contribution in [1.82, 2.24) is 10.2 Å². The molecule has 1 aromatic carbocycles. The largest absolute Gasteiger partial charge is 0.494 e. The first kappa shape index (κ1) is 31.3. The van der Waals surface area contributed by atoms with E-state index in [1.165, 1.54) is 0 Å². The zero-order valence-electron chi connectivity index (χ0n) is 26.2. The summed E-state index contributed by atoms with van der Waals surface area (Å²) in [5, 5.41) is 16.6. The number of anilines is 1. The van der Waals surface area contributed by atoms with Gasteiger partial charge in [0.15, 0.2) is 0 Å². The molecule has 4 rings (SSSR count). The van der Waals surface area contributed by atoms with Gasteiger partial charge in [0.1, 0.15) is 17.4 Å². The smallest absolute Gasteiger partial charge is 0.246 e. The topological polar surface area (TPSA) is 117 Å². The van der Waals surface area contributed by atoms with Crippen LogP contribution in [-0.2, 0) is 19.1 Å². The van der Waals surface area contributed by atoms with Crippen LogP contribution in [0.25, 0.3) is 0 Å². The third kappa shape index (κ3) is 5.72. The summed E-state index contributed by atoms with van der Waals surface area (Å²) in [6.07, 6.45) is 1.76. The summed E-state index contributed by atoms with van der Waals surface area (Å²) in [7, 11) is 0. The second kappa shape index (κ2) is 10.9. The van der Waals surface area contributed by atoms with Crippen LogP contribution in [0.1, 0.15) is 81.6 Å². The van der Waals surface area contributed by atoms with E-state index in [4.69, 9.17) is 9.47 Å². The molecule has 6 atom stereocenters. The van der Waals surface area contributed by atoms with Crippen molar-refractivity contribution in [2.75, 3.05) is 18.5 Å². The van der Waals surface area contributed by atoms with Gasteiger partial charge in [-0.2, -0.15) is 0 Å². The van der Waals surface area contributed by atoms with Crippen molar-refractivity contribution >= 4 is 23.4 Å². The van der Waals surface area contributed by atoms with E-state index in [0.717, 1.165) is 6.42 Å². The molecule has 3 saturated heterocycles. The van der Waals surface area contributed by atoms with Crippen LogP contribution < -0.4 is 15.4 Å². The van der Waals surface area contributed by atoms with Crippen molar-refractivity contribution in [2.24, 2.45) is 23.2 Å². The maximum absolute atomic E-state index is 14.4.